The SMILES string of the molecule is CCC(CSC)N(C)Cc1cc(C(=O)O)c(C)o1. The molecule has 0 spiro atoms. The highest BCUT2D eigenvalue weighted by Crippen LogP contribution is 2.18. The topological polar surface area (TPSA) is 53.7 Å². The number of rotatable bonds is 7. The predicted molar refractivity (Wildman–Crippen MR) is 74.3 cm³/mol. The third-order valence-electron chi connectivity index (χ3n) is 3.06. The van der Waals surface area contributed by atoms with Crippen LogP contribution in [0.2, 0.25) is 0 Å². The average Bonchev–Trinajstić information content (AvgIpc) is 2.67. The number of carboxylic acids is 1. The van der Waals surface area contributed by atoms with Crippen molar-refractivity contribution in [3.63, 3.8) is 0 Å². The van der Waals surface area contributed by atoms with Gasteiger partial charge in [0, 0.05) is 11.8 Å². The second kappa shape index (κ2) is 6.85. The fourth-order valence-corrected chi connectivity index (χ4v) is 2.83. The Morgan fingerprint density at radius 1 is 1.61 bits per heavy atom. The lowest BCUT2D eigenvalue weighted by molar-refractivity contribution is 0.0695. The van der Waals surface area contributed by atoms with E-state index in [1.165, 1.54) is 0 Å². The van der Waals surface area contributed by atoms with Crippen LogP contribution >= 0.6 is 11.8 Å². The van der Waals surface area contributed by atoms with Gasteiger partial charge in [0.15, 0.2) is 0 Å². The molecule has 1 aromatic heterocycles. The van der Waals surface area contributed by atoms with Crippen LogP contribution < -0.4 is 0 Å². The van der Waals surface area contributed by atoms with Crippen LogP contribution in [0, 0.1) is 6.92 Å². The van der Waals surface area contributed by atoms with Crippen molar-refractivity contribution in [1.82, 2.24) is 4.90 Å². The lowest BCUT2D eigenvalue weighted by Crippen LogP contribution is -2.32. The Labute approximate surface area is 112 Å². The quantitative estimate of drug-likeness (QED) is 0.826. The molecule has 0 aromatic carbocycles. The molecule has 18 heavy (non-hydrogen) atoms. The van der Waals surface area contributed by atoms with Gasteiger partial charge in [-0.05, 0) is 32.7 Å². The zero-order valence-corrected chi connectivity index (χ0v) is 12.2. The Balaban J connectivity index is 2.72. The highest BCUT2D eigenvalue weighted by atomic mass is 32.2. The molecule has 0 aliphatic rings. The number of hydrogen-bond acceptors (Lipinski definition) is 4. The van der Waals surface area contributed by atoms with Gasteiger partial charge in [-0.2, -0.15) is 11.8 Å². The van der Waals surface area contributed by atoms with E-state index < -0.39 is 5.97 Å². The van der Waals surface area contributed by atoms with Gasteiger partial charge in [0.1, 0.15) is 17.1 Å². The Kier molecular flexibility index (Phi) is 5.75. The predicted octanol–water partition coefficient (Wildman–Crippen LogP) is 2.86. The third-order valence-corrected chi connectivity index (χ3v) is 3.78. The van der Waals surface area contributed by atoms with Gasteiger partial charge in [0.25, 0.3) is 0 Å². The first-order valence-electron chi connectivity index (χ1n) is 6.01. The molecule has 0 aliphatic heterocycles. The van der Waals surface area contributed by atoms with Crippen LogP contribution in [0.3, 0.4) is 0 Å². The van der Waals surface area contributed by atoms with Crippen LogP contribution in [-0.2, 0) is 6.54 Å². The minimum Gasteiger partial charge on any atom is -0.478 e. The number of hydrogen-bond donors (Lipinski definition) is 1. The molecule has 0 bridgehead atoms. The first-order valence-corrected chi connectivity index (χ1v) is 7.40. The molecule has 0 aliphatic carbocycles. The van der Waals surface area contributed by atoms with E-state index in [9.17, 15) is 4.79 Å². The van der Waals surface area contributed by atoms with Crippen LogP contribution in [0.5, 0.6) is 0 Å². The summed E-state index contributed by atoms with van der Waals surface area (Å²) < 4.78 is 5.49. The van der Waals surface area contributed by atoms with Crippen LogP contribution in [0.4, 0.5) is 0 Å². The summed E-state index contributed by atoms with van der Waals surface area (Å²) in [5, 5.41) is 8.98. The summed E-state index contributed by atoms with van der Waals surface area (Å²) >= 11 is 1.82. The van der Waals surface area contributed by atoms with E-state index in [2.05, 4.69) is 18.1 Å². The van der Waals surface area contributed by atoms with E-state index in [0.717, 1.165) is 12.2 Å². The minimum atomic E-state index is -0.929. The summed E-state index contributed by atoms with van der Waals surface area (Å²) in [5.41, 5.74) is 0.260. The number of carbonyl (C=O) groups is 1. The van der Waals surface area contributed by atoms with Crippen molar-refractivity contribution >= 4 is 17.7 Å². The van der Waals surface area contributed by atoms with Gasteiger partial charge in [-0.1, -0.05) is 6.92 Å². The molecular formula is C13H21NO3S. The van der Waals surface area contributed by atoms with E-state index in [-0.39, 0.29) is 5.56 Å². The number of thioether (sulfide) groups is 1. The van der Waals surface area contributed by atoms with Gasteiger partial charge in [-0.25, -0.2) is 4.79 Å². The molecule has 4 nitrogen and oxygen atoms in total. The van der Waals surface area contributed by atoms with Crippen molar-refractivity contribution in [1.29, 1.82) is 0 Å². The lowest BCUT2D eigenvalue weighted by atomic mass is 10.2. The van der Waals surface area contributed by atoms with Crippen molar-refractivity contribution in [3.8, 4) is 0 Å². The van der Waals surface area contributed by atoms with E-state index in [1.807, 2.05) is 18.8 Å². The molecule has 102 valence electrons. The molecule has 1 rings (SSSR count). The second-order valence-electron chi connectivity index (χ2n) is 4.42. The van der Waals surface area contributed by atoms with Crippen molar-refractivity contribution in [2.75, 3.05) is 19.1 Å². The van der Waals surface area contributed by atoms with Crippen LogP contribution in [0.15, 0.2) is 10.5 Å². The number of furan rings is 1. The Morgan fingerprint density at radius 3 is 2.72 bits per heavy atom. The first kappa shape index (κ1) is 15.1. The van der Waals surface area contributed by atoms with E-state index in [4.69, 9.17) is 9.52 Å². The number of aryl methyl sites for hydroxylation is 1. The zero-order chi connectivity index (χ0) is 13.7. The largest absolute Gasteiger partial charge is 0.478 e. The maximum absolute atomic E-state index is 10.9. The molecule has 0 saturated heterocycles. The number of aromatic carboxylic acids is 1. The van der Waals surface area contributed by atoms with E-state index >= 15 is 0 Å². The second-order valence-corrected chi connectivity index (χ2v) is 5.33. The molecule has 5 heteroatoms. The molecule has 1 aromatic rings. The van der Waals surface area contributed by atoms with Gasteiger partial charge < -0.3 is 9.52 Å². The summed E-state index contributed by atoms with van der Waals surface area (Å²) in [6, 6.07) is 2.11. The first-order chi connectivity index (χ1) is 8.49. The maximum atomic E-state index is 10.9. The lowest BCUT2D eigenvalue weighted by Gasteiger charge is -2.25. The van der Waals surface area contributed by atoms with E-state index in [1.54, 1.807) is 13.0 Å². The summed E-state index contributed by atoms with van der Waals surface area (Å²) in [6.07, 6.45) is 3.17. The summed E-state index contributed by atoms with van der Waals surface area (Å²) in [6.45, 7) is 4.49. The highest BCUT2D eigenvalue weighted by molar-refractivity contribution is 7.98. The van der Waals surface area contributed by atoms with Crippen molar-refractivity contribution in [3.05, 3.63) is 23.2 Å². The molecule has 0 radical (unpaired) electrons. The molecule has 0 fully saturated rings. The molecule has 1 heterocycles. The summed E-state index contributed by atoms with van der Waals surface area (Å²) in [5.74, 6) is 1.33. The molecule has 0 saturated carbocycles. The van der Waals surface area contributed by atoms with Gasteiger partial charge in [0.2, 0.25) is 0 Å². The van der Waals surface area contributed by atoms with Gasteiger partial charge in [-0.15, -0.1) is 0 Å². The monoisotopic (exact) mass is 271 g/mol. The van der Waals surface area contributed by atoms with Gasteiger partial charge in [0.05, 0.1) is 6.54 Å². The standard InChI is InChI=1S/C13H21NO3S/c1-5-10(8-18-4)14(3)7-11-6-12(13(15)16)9(2)17-11/h6,10H,5,7-8H2,1-4H3,(H,15,16). The van der Waals surface area contributed by atoms with Crippen LogP contribution in [0.25, 0.3) is 0 Å². The number of carboxylic acid groups (broad SMARTS) is 1. The Hall–Kier alpha value is -0.940. The fourth-order valence-electron chi connectivity index (χ4n) is 1.96. The summed E-state index contributed by atoms with van der Waals surface area (Å²) in [7, 11) is 2.04. The van der Waals surface area contributed by atoms with Crippen LogP contribution in [0.1, 0.15) is 35.2 Å². The zero-order valence-electron chi connectivity index (χ0n) is 11.4. The summed E-state index contributed by atoms with van der Waals surface area (Å²) in [4.78, 5) is 13.1. The molecular weight excluding hydrogens is 250 g/mol. The van der Waals surface area contributed by atoms with Gasteiger partial charge >= 0.3 is 5.97 Å². The van der Waals surface area contributed by atoms with Crippen molar-refractivity contribution in [2.45, 2.75) is 32.9 Å². The molecule has 1 atom stereocenters. The Morgan fingerprint density at radius 2 is 2.28 bits per heavy atom. The van der Waals surface area contributed by atoms with Crippen LogP contribution in [-0.4, -0.2) is 41.1 Å². The third kappa shape index (κ3) is 3.78. The van der Waals surface area contributed by atoms with Gasteiger partial charge in [-0.3, -0.25) is 4.90 Å². The Bertz CT molecular complexity index is 403. The smallest absolute Gasteiger partial charge is 0.339 e. The van der Waals surface area contributed by atoms with Crippen molar-refractivity contribution < 1.29 is 14.3 Å². The average molecular weight is 271 g/mol. The molecule has 1 N–H and O–H groups in total. The fraction of sp³-hybridized carbons (Fsp3) is 0.615. The minimum absolute atomic E-state index is 0.260. The molecule has 1 unspecified atom stereocenters. The highest BCUT2D eigenvalue weighted by Gasteiger charge is 2.17. The number of nitrogens with zero attached hydrogens (tertiary/aromatic N) is 1. The maximum Gasteiger partial charge on any atom is 0.339 e. The van der Waals surface area contributed by atoms with Crippen molar-refractivity contribution in [2.24, 2.45) is 0 Å². The molecule has 0 amide bonds. The normalized spacial score (nSPS) is 12.9. The van der Waals surface area contributed by atoms with E-state index in [0.29, 0.717) is 24.1 Å².